The summed E-state index contributed by atoms with van der Waals surface area (Å²) < 4.78 is 22.8. The highest BCUT2D eigenvalue weighted by atomic mass is 35.5. The van der Waals surface area contributed by atoms with Gasteiger partial charge in [-0.2, -0.15) is 0 Å². The summed E-state index contributed by atoms with van der Waals surface area (Å²) in [5, 5.41) is 5.37. The molecule has 7 rings (SSSR count). The van der Waals surface area contributed by atoms with E-state index >= 15 is 0 Å². The van der Waals surface area contributed by atoms with E-state index in [9.17, 15) is 9.00 Å². The molecule has 5 aliphatic rings. The van der Waals surface area contributed by atoms with Crippen LogP contribution < -0.4 is 14.4 Å². The van der Waals surface area contributed by atoms with Crippen molar-refractivity contribution in [3.05, 3.63) is 58.1 Å². The van der Waals surface area contributed by atoms with Gasteiger partial charge in [0.1, 0.15) is 28.2 Å². The van der Waals surface area contributed by atoms with Gasteiger partial charge in [-0.25, -0.2) is 4.21 Å². The molecular weight excluding hydrogens is 644 g/mol. The first kappa shape index (κ1) is 33.7. The van der Waals surface area contributed by atoms with E-state index in [1.54, 1.807) is 6.07 Å². The smallest absolute Gasteiger partial charge is 0.263 e. The molecule has 4 aliphatic heterocycles. The summed E-state index contributed by atoms with van der Waals surface area (Å²) in [6, 6.07) is 11.9. The van der Waals surface area contributed by atoms with E-state index < -0.39 is 11.0 Å². The molecule has 4 heterocycles. The van der Waals surface area contributed by atoms with Gasteiger partial charge in [0, 0.05) is 48.6 Å². The second kappa shape index (κ2) is 14.2. The molecule has 7 atom stereocenters. The molecule has 2 bridgehead atoms. The SMILES string of the molecule is CCCc1cc(Cl)ccc1C1COc2ccc3cc2N(C1)CC1CCC1[C@@]1(CCCC(C)C(C)S(=O)NC3=O)CC(N2CCCC2)=NO1. The highest BCUT2D eigenvalue weighted by molar-refractivity contribution is 7.84. The molecule has 0 aromatic heterocycles. The second-order valence-electron chi connectivity index (χ2n) is 15.0. The zero-order chi connectivity index (χ0) is 33.4. The topological polar surface area (TPSA) is 83.5 Å². The maximum absolute atomic E-state index is 13.5. The van der Waals surface area contributed by atoms with Crippen LogP contribution in [0.1, 0.15) is 106 Å². The van der Waals surface area contributed by atoms with Crippen molar-refractivity contribution < 1.29 is 18.6 Å². The largest absolute Gasteiger partial charge is 0.491 e. The number of amides is 1. The second-order valence-corrected chi connectivity index (χ2v) is 16.9. The van der Waals surface area contributed by atoms with Crippen LogP contribution in [0.2, 0.25) is 5.02 Å². The third kappa shape index (κ3) is 6.70. The molecule has 1 amide bonds. The normalized spacial score (nSPS) is 32.4. The number of halogens is 1. The predicted octanol–water partition coefficient (Wildman–Crippen LogP) is 7.47. The lowest BCUT2D eigenvalue weighted by Crippen LogP contribution is -2.52. The van der Waals surface area contributed by atoms with Crippen molar-refractivity contribution in [2.24, 2.45) is 22.9 Å². The summed E-state index contributed by atoms with van der Waals surface area (Å²) in [7, 11) is -1.51. The lowest BCUT2D eigenvalue weighted by molar-refractivity contribution is -0.118. The van der Waals surface area contributed by atoms with Gasteiger partial charge in [-0.3, -0.25) is 9.52 Å². The molecule has 1 saturated heterocycles. The van der Waals surface area contributed by atoms with Crippen molar-refractivity contribution in [3.63, 3.8) is 0 Å². The molecule has 6 unspecified atom stereocenters. The summed E-state index contributed by atoms with van der Waals surface area (Å²) in [4.78, 5) is 25.0. The van der Waals surface area contributed by atoms with Gasteiger partial charge in [0.2, 0.25) is 0 Å². The number of rotatable bonds is 3. The zero-order valence-electron chi connectivity index (χ0n) is 28.7. The van der Waals surface area contributed by atoms with Gasteiger partial charge in [0.05, 0.1) is 24.0 Å². The summed E-state index contributed by atoms with van der Waals surface area (Å²) in [5.41, 5.74) is 3.67. The number of aryl methyl sites for hydroxylation is 1. The number of likely N-dealkylation sites (tertiary alicyclic amines) is 1. The Bertz CT molecular complexity index is 1560. The van der Waals surface area contributed by atoms with E-state index in [0.717, 1.165) is 99.8 Å². The number of amidine groups is 1. The fourth-order valence-corrected chi connectivity index (χ4v) is 10.0. The maximum Gasteiger partial charge on any atom is 0.263 e. The lowest BCUT2D eigenvalue weighted by atomic mass is 9.62. The first-order chi connectivity index (χ1) is 23.2. The van der Waals surface area contributed by atoms with Crippen LogP contribution in [-0.2, 0) is 22.2 Å². The van der Waals surface area contributed by atoms with Crippen molar-refractivity contribution >= 4 is 40.0 Å². The van der Waals surface area contributed by atoms with Gasteiger partial charge in [-0.05, 0) is 112 Å². The lowest BCUT2D eigenvalue weighted by Gasteiger charge is -2.48. The van der Waals surface area contributed by atoms with Crippen LogP contribution in [0.15, 0.2) is 41.6 Å². The first-order valence-corrected chi connectivity index (χ1v) is 19.9. The van der Waals surface area contributed by atoms with Crippen molar-refractivity contribution in [3.8, 4) is 5.75 Å². The summed E-state index contributed by atoms with van der Waals surface area (Å²) >= 11 is 6.48. The molecule has 1 spiro atoms. The van der Waals surface area contributed by atoms with Crippen molar-refractivity contribution in [2.45, 2.75) is 102 Å². The van der Waals surface area contributed by atoms with Gasteiger partial charge in [0.25, 0.3) is 5.91 Å². The number of oxime groups is 1. The van der Waals surface area contributed by atoms with Crippen LogP contribution in [0.25, 0.3) is 0 Å². The van der Waals surface area contributed by atoms with E-state index in [4.69, 9.17) is 26.3 Å². The number of fused-ring (bicyclic) bond motifs is 3. The van der Waals surface area contributed by atoms with Crippen molar-refractivity contribution in [2.75, 3.05) is 37.7 Å². The van der Waals surface area contributed by atoms with Gasteiger partial charge in [-0.1, -0.05) is 43.1 Å². The molecule has 2 aromatic carbocycles. The Hall–Kier alpha value is -2.78. The average Bonchev–Trinajstić information content (AvgIpc) is 3.71. The Balaban J connectivity index is 1.25. The Morgan fingerprint density at radius 2 is 1.88 bits per heavy atom. The van der Waals surface area contributed by atoms with Gasteiger partial charge < -0.3 is 19.4 Å². The predicted molar refractivity (Wildman–Crippen MR) is 193 cm³/mol. The number of carbonyl (C=O) groups is 1. The third-order valence-electron chi connectivity index (χ3n) is 11.9. The molecule has 1 N–H and O–H groups in total. The standard InChI is InChI=1S/C38H51ClN4O4S/c1-4-8-27-19-31(39)12-13-32(27)30-23-43-22-29-10-14-33(29)38(21-36(40-47-38)42-17-5-6-18-42)16-7-9-25(2)26(3)48(45)41-37(44)28-11-15-35(46-24-30)34(43)20-28/h11-13,15,19-20,25-26,29-30,33H,4-10,14,16-18,21-24H2,1-3H3,(H,41,44)/t25?,26?,29?,30?,33?,38-,48?/m1/s1. The molecule has 260 valence electrons. The van der Waals surface area contributed by atoms with E-state index in [0.29, 0.717) is 24.0 Å². The fourth-order valence-electron chi connectivity index (χ4n) is 8.77. The van der Waals surface area contributed by atoms with Crippen LogP contribution in [0.5, 0.6) is 5.75 Å². The number of benzene rings is 2. The van der Waals surface area contributed by atoms with E-state index in [-0.39, 0.29) is 28.6 Å². The molecule has 48 heavy (non-hydrogen) atoms. The summed E-state index contributed by atoms with van der Waals surface area (Å²) in [6.45, 7) is 10.6. The molecule has 10 heteroatoms. The number of hydrogen-bond donors (Lipinski definition) is 1. The molecule has 2 fully saturated rings. The molecular formula is C38H51ClN4O4S. The molecule has 2 aromatic rings. The number of ether oxygens (including phenoxy) is 1. The van der Waals surface area contributed by atoms with Crippen LogP contribution in [-0.4, -0.2) is 64.5 Å². The number of carbonyl (C=O) groups excluding carboxylic acids is 1. The van der Waals surface area contributed by atoms with E-state index in [2.05, 4.69) is 40.5 Å². The van der Waals surface area contributed by atoms with Gasteiger partial charge in [0.15, 0.2) is 0 Å². The van der Waals surface area contributed by atoms with E-state index in [1.165, 1.54) is 24.0 Å². The first-order valence-electron chi connectivity index (χ1n) is 18.3. The minimum absolute atomic E-state index is 0.134. The highest BCUT2D eigenvalue weighted by Gasteiger charge is 2.54. The minimum Gasteiger partial charge on any atom is -0.491 e. The van der Waals surface area contributed by atoms with Crippen LogP contribution in [0.3, 0.4) is 0 Å². The van der Waals surface area contributed by atoms with Gasteiger partial charge >= 0.3 is 0 Å². The number of hydrogen-bond acceptors (Lipinski definition) is 7. The fraction of sp³-hybridized carbons (Fsp3) is 0.632. The average molecular weight is 695 g/mol. The van der Waals surface area contributed by atoms with E-state index in [1.807, 2.05) is 25.1 Å². The van der Waals surface area contributed by atoms with Crippen molar-refractivity contribution in [1.29, 1.82) is 0 Å². The number of nitrogens with zero attached hydrogens (tertiary/aromatic N) is 3. The van der Waals surface area contributed by atoms with Crippen LogP contribution in [0.4, 0.5) is 5.69 Å². The Morgan fingerprint density at radius 3 is 2.65 bits per heavy atom. The number of nitrogens with one attached hydrogen (secondary N) is 1. The summed E-state index contributed by atoms with van der Waals surface area (Å²) in [6.07, 6.45) is 10.4. The summed E-state index contributed by atoms with van der Waals surface area (Å²) in [5.74, 6) is 2.74. The van der Waals surface area contributed by atoms with Gasteiger partial charge in [-0.15, -0.1) is 0 Å². The van der Waals surface area contributed by atoms with Crippen molar-refractivity contribution in [1.82, 2.24) is 9.62 Å². The Kier molecular flexibility index (Phi) is 9.98. The minimum atomic E-state index is -1.51. The molecule has 8 nitrogen and oxygen atoms in total. The quantitative estimate of drug-likeness (QED) is 0.359. The third-order valence-corrected chi connectivity index (χ3v) is 13.7. The highest BCUT2D eigenvalue weighted by Crippen LogP contribution is 2.51. The number of anilines is 1. The van der Waals surface area contributed by atoms with Crippen LogP contribution in [0, 0.1) is 17.8 Å². The molecule has 1 aliphatic carbocycles. The Morgan fingerprint density at radius 1 is 1.04 bits per heavy atom. The monoisotopic (exact) mass is 694 g/mol. The van der Waals surface area contributed by atoms with Crippen LogP contribution >= 0.6 is 11.6 Å². The molecule has 0 radical (unpaired) electrons. The zero-order valence-corrected chi connectivity index (χ0v) is 30.3. The molecule has 1 saturated carbocycles. The maximum atomic E-state index is 13.5. The Labute approximate surface area is 293 Å².